The van der Waals surface area contributed by atoms with Crippen LogP contribution in [0.3, 0.4) is 0 Å². The maximum absolute atomic E-state index is 13.3. The van der Waals surface area contributed by atoms with Crippen LogP contribution < -0.4 is 0 Å². The van der Waals surface area contributed by atoms with Gasteiger partial charge in [-0.25, -0.2) is 8.42 Å². The van der Waals surface area contributed by atoms with Crippen LogP contribution in [-0.2, 0) is 16.6 Å². The number of hydrogen-bond acceptors (Lipinski definition) is 6. The van der Waals surface area contributed by atoms with Gasteiger partial charge in [0.1, 0.15) is 0 Å². The van der Waals surface area contributed by atoms with E-state index in [1.807, 2.05) is 67.6 Å². The molecule has 0 amide bonds. The Balaban J connectivity index is 1.64. The van der Waals surface area contributed by atoms with Crippen molar-refractivity contribution in [3.8, 4) is 22.2 Å². The van der Waals surface area contributed by atoms with Crippen molar-refractivity contribution in [3.05, 3.63) is 77.2 Å². The minimum absolute atomic E-state index is 0.278. The molecule has 0 atom stereocenters. The van der Waals surface area contributed by atoms with Gasteiger partial charge in [-0.2, -0.15) is 9.29 Å². The molecule has 8 heteroatoms. The van der Waals surface area contributed by atoms with Gasteiger partial charge in [-0.1, -0.05) is 72.7 Å². The molecule has 30 heavy (non-hydrogen) atoms. The highest BCUT2D eigenvalue weighted by atomic mass is 32.2. The number of thiophene rings is 1. The molecule has 4 aromatic rings. The van der Waals surface area contributed by atoms with Crippen LogP contribution in [0.5, 0.6) is 0 Å². The lowest BCUT2D eigenvalue weighted by Crippen LogP contribution is -2.30. The highest BCUT2D eigenvalue weighted by molar-refractivity contribution is 7.89. The van der Waals surface area contributed by atoms with E-state index in [1.54, 1.807) is 13.0 Å². The first kappa shape index (κ1) is 20.5. The first-order valence-electron chi connectivity index (χ1n) is 9.53. The van der Waals surface area contributed by atoms with Crippen LogP contribution >= 0.6 is 11.3 Å². The molecule has 0 fully saturated rings. The number of sulfonamides is 1. The lowest BCUT2D eigenvalue weighted by Gasteiger charge is -2.20. The summed E-state index contributed by atoms with van der Waals surface area (Å²) in [5, 5.41) is 4.03. The average Bonchev–Trinajstić information content (AvgIpc) is 3.40. The van der Waals surface area contributed by atoms with E-state index >= 15 is 0 Å². The molecule has 0 aliphatic heterocycles. The van der Waals surface area contributed by atoms with Crippen LogP contribution in [-0.4, -0.2) is 29.4 Å². The number of aryl methyl sites for hydroxylation is 1. The van der Waals surface area contributed by atoms with Gasteiger partial charge in [0.25, 0.3) is 5.89 Å². The van der Waals surface area contributed by atoms with E-state index in [-0.39, 0.29) is 4.90 Å². The summed E-state index contributed by atoms with van der Waals surface area (Å²) in [4.78, 5) is 6.05. The van der Waals surface area contributed by atoms with Crippen LogP contribution in [0.1, 0.15) is 17.4 Å². The zero-order chi connectivity index (χ0) is 21.1. The van der Waals surface area contributed by atoms with E-state index in [2.05, 4.69) is 10.1 Å². The Kier molecular flexibility index (Phi) is 5.80. The maximum atomic E-state index is 13.3. The number of hydrogen-bond donors (Lipinski definition) is 0. The predicted octanol–water partition coefficient (Wildman–Crippen LogP) is 4.98. The third kappa shape index (κ3) is 4.07. The van der Waals surface area contributed by atoms with E-state index in [9.17, 15) is 8.42 Å². The fourth-order valence-corrected chi connectivity index (χ4v) is 6.07. The second kappa shape index (κ2) is 8.51. The van der Waals surface area contributed by atoms with Gasteiger partial charge in [0.15, 0.2) is 0 Å². The quantitative estimate of drug-likeness (QED) is 0.406. The van der Waals surface area contributed by atoms with Gasteiger partial charge in [-0.15, -0.1) is 11.3 Å². The van der Waals surface area contributed by atoms with Crippen molar-refractivity contribution in [3.63, 3.8) is 0 Å². The van der Waals surface area contributed by atoms with Crippen molar-refractivity contribution in [2.24, 2.45) is 0 Å². The molecular weight excluding hydrogens is 418 g/mol. The van der Waals surface area contributed by atoms with E-state index < -0.39 is 10.0 Å². The number of aromatic nitrogens is 2. The zero-order valence-electron chi connectivity index (χ0n) is 16.6. The zero-order valence-corrected chi connectivity index (χ0v) is 18.3. The molecule has 154 valence electrons. The van der Waals surface area contributed by atoms with E-state index in [0.717, 1.165) is 11.1 Å². The first-order chi connectivity index (χ1) is 14.5. The molecule has 0 bridgehead atoms. The van der Waals surface area contributed by atoms with Crippen molar-refractivity contribution >= 4 is 21.4 Å². The van der Waals surface area contributed by atoms with E-state index in [4.69, 9.17) is 4.52 Å². The van der Waals surface area contributed by atoms with Crippen molar-refractivity contribution < 1.29 is 12.9 Å². The van der Waals surface area contributed by atoms with Crippen LogP contribution in [0.2, 0.25) is 0 Å². The van der Waals surface area contributed by atoms with Crippen LogP contribution in [0.25, 0.3) is 22.2 Å². The largest absolute Gasteiger partial charge is 0.333 e. The second-order valence-corrected chi connectivity index (χ2v) is 9.90. The molecular formula is C22H21N3O3S2. The Morgan fingerprint density at radius 3 is 2.37 bits per heavy atom. The molecule has 6 nitrogen and oxygen atoms in total. The summed E-state index contributed by atoms with van der Waals surface area (Å²) in [7, 11) is -3.66. The predicted molar refractivity (Wildman–Crippen MR) is 117 cm³/mol. The van der Waals surface area contributed by atoms with E-state index in [0.29, 0.717) is 34.6 Å². The molecule has 0 saturated heterocycles. The summed E-state index contributed by atoms with van der Waals surface area (Å²) in [5.74, 6) is 0.787. The number of nitrogens with zero attached hydrogens (tertiary/aromatic N) is 3. The molecule has 2 aromatic heterocycles. The molecule has 0 aliphatic rings. The topological polar surface area (TPSA) is 76.3 Å². The van der Waals surface area contributed by atoms with Crippen molar-refractivity contribution in [1.29, 1.82) is 0 Å². The van der Waals surface area contributed by atoms with Crippen LogP contribution in [0.4, 0.5) is 0 Å². The molecule has 0 saturated carbocycles. The molecule has 2 heterocycles. The third-order valence-corrected chi connectivity index (χ3v) is 7.93. The molecule has 0 radical (unpaired) electrons. The van der Waals surface area contributed by atoms with Gasteiger partial charge in [0.05, 0.1) is 9.77 Å². The summed E-state index contributed by atoms with van der Waals surface area (Å²) >= 11 is 1.33. The fraction of sp³-hybridized carbons (Fsp3) is 0.182. The molecule has 0 N–H and O–H groups in total. The lowest BCUT2D eigenvalue weighted by atomic mass is 10.2. The summed E-state index contributed by atoms with van der Waals surface area (Å²) in [6.45, 7) is 4.34. The summed E-state index contributed by atoms with van der Waals surface area (Å²) < 4.78 is 33.5. The Hall–Kier alpha value is -2.81. The SMILES string of the molecule is CCN(Cc1ccccc1)S(=O)(=O)c1cc(-c2nc(-c3ccccc3)no2)sc1C. The summed E-state index contributed by atoms with van der Waals surface area (Å²) in [5.41, 5.74) is 1.79. The summed E-state index contributed by atoms with van der Waals surface area (Å²) in [6.07, 6.45) is 0. The van der Waals surface area contributed by atoms with Gasteiger partial charge in [0.2, 0.25) is 15.8 Å². The number of benzene rings is 2. The lowest BCUT2D eigenvalue weighted by molar-refractivity contribution is 0.423. The molecule has 4 rings (SSSR count). The Bertz CT molecular complexity index is 1230. The maximum Gasteiger partial charge on any atom is 0.268 e. The van der Waals surface area contributed by atoms with Gasteiger partial charge >= 0.3 is 0 Å². The Morgan fingerprint density at radius 1 is 1.03 bits per heavy atom. The fourth-order valence-electron chi connectivity index (χ4n) is 3.15. The molecule has 2 aromatic carbocycles. The number of rotatable bonds is 7. The van der Waals surface area contributed by atoms with Gasteiger partial charge in [-0.3, -0.25) is 0 Å². The van der Waals surface area contributed by atoms with Crippen LogP contribution in [0, 0.1) is 6.92 Å². The second-order valence-electron chi connectivity index (χ2n) is 6.74. The monoisotopic (exact) mass is 439 g/mol. The molecule has 0 aliphatic carbocycles. The Morgan fingerprint density at radius 2 is 1.70 bits per heavy atom. The first-order valence-corrected chi connectivity index (χ1v) is 11.8. The Labute approximate surface area is 179 Å². The standard InChI is InChI=1S/C22H21N3O3S2/c1-3-25(15-17-10-6-4-7-11-17)30(26,27)20-14-19(29-16(20)2)22-23-21(24-28-22)18-12-8-5-9-13-18/h4-14H,3,15H2,1-2H3. The smallest absolute Gasteiger partial charge is 0.268 e. The van der Waals surface area contributed by atoms with E-state index in [1.165, 1.54) is 15.6 Å². The van der Waals surface area contributed by atoms with Crippen molar-refractivity contribution in [2.75, 3.05) is 6.54 Å². The van der Waals surface area contributed by atoms with Gasteiger partial charge in [0, 0.05) is 23.5 Å². The van der Waals surface area contributed by atoms with Crippen molar-refractivity contribution in [1.82, 2.24) is 14.4 Å². The normalized spacial score (nSPS) is 11.8. The molecule has 0 spiro atoms. The third-order valence-electron chi connectivity index (χ3n) is 4.71. The average molecular weight is 440 g/mol. The van der Waals surface area contributed by atoms with Crippen molar-refractivity contribution in [2.45, 2.75) is 25.3 Å². The van der Waals surface area contributed by atoms with Crippen LogP contribution in [0.15, 0.2) is 76.1 Å². The highest BCUT2D eigenvalue weighted by Crippen LogP contribution is 2.35. The minimum Gasteiger partial charge on any atom is -0.333 e. The van der Waals surface area contributed by atoms with Gasteiger partial charge in [-0.05, 0) is 18.6 Å². The van der Waals surface area contributed by atoms with Gasteiger partial charge < -0.3 is 4.52 Å². The minimum atomic E-state index is -3.66. The highest BCUT2D eigenvalue weighted by Gasteiger charge is 2.28. The summed E-state index contributed by atoms with van der Waals surface area (Å²) in [6, 6.07) is 20.7. The molecule has 0 unspecified atom stereocenters.